The second-order valence-electron chi connectivity index (χ2n) is 7.97. The van der Waals surface area contributed by atoms with E-state index in [0.717, 1.165) is 51.5 Å². The second-order valence-corrected chi connectivity index (χ2v) is 7.97. The van der Waals surface area contributed by atoms with Crippen LogP contribution in [0.1, 0.15) is 30.4 Å². The number of anilines is 2. The molecule has 2 aliphatic rings. The predicted octanol–water partition coefficient (Wildman–Crippen LogP) is 5.28. The van der Waals surface area contributed by atoms with E-state index in [2.05, 4.69) is 58.0 Å². The normalized spacial score (nSPS) is 16.8. The van der Waals surface area contributed by atoms with Gasteiger partial charge in [-0.1, -0.05) is 29.8 Å². The number of phenolic OH excluding ortho intramolecular Hbond substituents is 1. The molecule has 30 heavy (non-hydrogen) atoms. The fraction of sp³-hybridized carbons (Fsp3) is 0.478. The lowest BCUT2D eigenvalue weighted by Crippen LogP contribution is -2.46. The van der Waals surface area contributed by atoms with Gasteiger partial charge in [-0.25, -0.2) is 0 Å². The van der Waals surface area contributed by atoms with Crippen LogP contribution < -0.4 is 9.80 Å². The van der Waals surface area contributed by atoms with Crippen LogP contribution in [0.15, 0.2) is 42.5 Å². The molecule has 2 heterocycles. The van der Waals surface area contributed by atoms with Crippen molar-refractivity contribution in [3.05, 3.63) is 53.6 Å². The van der Waals surface area contributed by atoms with Crippen LogP contribution in [-0.2, 0) is 6.54 Å². The highest BCUT2D eigenvalue weighted by atomic mass is 35.5. The lowest BCUT2D eigenvalue weighted by Gasteiger charge is -2.37. The molecule has 0 amide bonds. The fourth-order valence-electron chi connectivity index (χ4n) is 4.21. The molecule has 2 aromatic carbocycles. The third kappa shape index (κ3) is 6.58. The number of rotatable bonds is 4. The van der Waals surface area contributed by atoms with E-state index in [9.17, 15) is 5.11 Å². The average Bonchev–Trinajstić information content (AvgIpc) is 2.71. The number of phenols is 1. The molecule has 1 N–H and O–H groups in total. The Morgan fingerprint density at radius 3 is 2.00 bits per heavy atom. The minimum Gasteiger partial charge on any atom is -0.506 e. The van der Waals surface area contributed by atoms with E-state index in [-0.39, 0.29) is 37.2 Å². The maximum Gasteiger partial charge on any atom is 0.139 e. The zero-order valence-electron chi connectivity index (χ0n) is 17.6. The number of piperidine rings is 1. The number of aromatic hydroxyl groups is 1. The highest BCUT2D eigenvalue weighted by Crippen LogP contribution is 2.33. The molecule has 7 heteroatoms. The monoisotopic (exact) mass is 473 g/mol. The van der Waals surface area contributed by atoms with Crippen molar-refractivity contribution in [3.8, 4) is 5.75 Å². The Kier molecular flexibility index (Phi) is 11.1. The number of hydrogen-bond donors (Lipinski definition) is 1. The second kappa shape index (κ2) is 12.5. The molecular formula is C23H34Cl3N3O. The van der Waals surface area contributed by atoms with Gasteiger partial charge in [0.2, 0.25) is 0 Å². The molecule has 0 radical (unpaired) electrons. The van der Waals surface area contributed by atoms with Gasteiger partial charge in [-0.2, -0.15) is 0 Å². The van der Waals surface area contributed by atoms with Gasteiger partial charge in [0.25, 0.3) is 0 Å². The third-order valence-electron chi connectivity index (χ3n) is 5.92. The van der Waals surface area contributed by atoms with Crippen molar-refractivity contribution in [1.82, 2.24) is 4.90 Å². The molecule has 2 aromatic rings. The first-order valence-electron chi connectivity index (χ1n) is 10.3. The minimum atomic E-state index is 0. The Bertz CT molecular complexity index is 759. The van der Waals surface area contributed by atoms with Gasteiger partial charge in [-0.15, -0.1) is 37.2 Å². The van der Waals surface area contributed by atoms with E-state index < -0.39 is 0 Å². The van der Waals surface area contributed by atoms with E-state index >= 15 is 0 Å². The summed E-state index contributed by atoms with van der Waals surface area (Å²) in [7, 11) is 0. The SMILES string of the molecule is Cc1ccc(CN2CCN(c3cc(N4CCCCC4)ccc3O)CC2)cc1.Cl.Cl.Cl. The van der Waals surface area contributed by atoms with Gasteiger partial charge in [0, 0.05) is 51.5 Å². The Labute approximate surface area is 199 Å². The first-order chi connectivity index (χ1) is 13.2. The van der Waals surface area contributed by atoms with Crippen LogP contribution in [0.5, 0.6) is 5.75 Å². The van der Waals surface area contributed by atoms with E-state index in [0.29, 0.717) is 5.75 Å². The van der Waals surface area contributed by atoms with Crippen molar-refractivity contribution < 1.29 is 5.11 Å². The maximum atomic E-state index is 10.4. The zero-order chi connectivity index (χ0) is 18.6. The van der Waals surface area contributed by atoms with Gasteiger partial charge in [-0.05, 0) is 49.9 Å². The Balaban J connectivity index is 0.00000150. The van der Waals surface area contributed by atoms with Crippen LogP contribution in [0, 0.1) is 6.92 Å². The summed E-state index contributed by atoms with van der Waals surface area (Å²) in [6.45, 7) is 9.39. The highest BCUT2D eigenvalue weighted by molar-refractivity contribution is 5.86. The van der Waals surface area contributed by atoms with Crippen LogP contribution in [0.4, 0.5) is 11.4 Å². The standard InChI is InChI=1S/C23H31N3O.3ClH/c1-19-5-7-20(8-6-19)18-24-13-15-26(16-14-24)22-17-21(9-10-23(22)27)25-11-3-2-4-12-25;;;/h5-10,17,27H,2-4,11-16,18H2,1H3;3*1H. The first kappa shape index (κ1) is 26.7. The van der Waals surface area contributed by atoms with E-state index in [1.807, 2.05) is 6.07 Å². The van der Waals surface area contributed by atoms with Crippen LogP contribution in [0.2, 0.25) is 0 Å². The topological polar surface area (TPSA) is 30.0 Å². The summed E-state index contributed by atoms with van der Waals surface area (Å²) >= 11 is 0. The molecule has 2 fully saturated rings. The van der Waals surface area contributed by atoms with Gasteiger partial charge in [-0.3, -0.25) is 4.90 Å². The number of benzene rings is 2. The van der Waals surface area contributed by atoms with Crippen LogP contribution in [0.25, 0.3) is 0 Å². The van der Waals surface area contributed by atoms with Gasteiger partial charge < -0.3 is 14.9 Å². The number of halogens is 3. The van der Waals surface area contributed by atoms with Crippen molar-refractivity contribution in [2.24, 2.45) is 0 Å². The molecule has 0 aromatic heterocycles. The van der Waals surface area contributed by atoms with Crippen LogP contribution in [-0.4, -0.2) is 49.3 Å². The summed E-state index contributed by atoms with van der Waals surface area (Å²) in [5, 5.41) is 10.4. The van der Waals surface area contributed by atoms with E-state index in [1.165, 1.54) is 36.1 Å². The number of hydrogen-bond acceptors (Lipinski definition) is 4. The summed E-state index contributed by atoms with van der Waals surface area (Å²) in [4.78, 5) is 7.31. The van der Waals surface area contributed by atoms with E-state index in [4.69, 9.17) is 0 Å². The van der Waals surface area contributed by atoms with Gasteiger partial charge in [0.1, 0.15) is 5.75 Å². The van der Waals surface area contributed by atoms with Crippen molar-refractivity contribution in [1.29, 1.82) is 0 Å². The molecule has 0 atom stereocenters. The van der Waals surface area contributed by atoms with Crippen molar-refractivity contribution in [2.75, 3.05) is 49.1 Å². The summed E-state index contributed by atoms with van der Waals surface area (Å²) in [6, 6.07) is 15.0. The number of nitrogens with zero attached hydrogens (tertiary/aromatic N) is 3. The molecule has 2 aliphatic heterocycles. The molecule has 4 nitrogen and oxygen atoms in total. The van der Waals surface area contributed by atoms with Gasteiger partial charge in [0.05, 0.1) is 5.69 Å². The maximum absolute atomic E-state index is 10.4. The molecule has 4 rings (SSSR count). The Morgan fingerprint density at radius 2 is 1.37 bits per heavy atom. The molecule has 2 saturated heterocycles. The van der Waals surface area contributed by atoms with Gasteiger partial charge >= 0.3 is 0 Å². The van der Waals surface area contributed by atoms with E-state index in [1.54, 1.807) is 0 Å². The molecule has 0 aliphatic carbocycles. The summed E-state index contributed by atoms with van der Waals surface area (Å²) < 4.78 is 0. The largest absolute Gasteiger partial charge is 0.506 e. The fourth-order valence-corrected chi connectivity index (χ4v) is 4.21. The smallest absolute Gasteiger partial charge is 0.139 e. The highest BCUT2D eigenvalue weighted by Gasteiger charge is 2.21. The lowest BCUT2D eigenvalue weighted by atomic mass is 10.1. The summed E-state index contributed by atoms with van der Waals surface area (Å²) in [5.74, 6) is 0.405. The van der Waals surface area contributed by atoms with Crippen molar-refractivity contribution in [3.63, 3.8) is 0 Å². The molecule has 0 saturated carbocycles. The Hall–Kier alpha value is -1.33. The Morgan fingerprint density at radius 1 is 0.733 bits per heavy atom. The molecule has 0 unspecified atom stereocenters. The number of piperazine rings is 1. The van der Waals surface area contributed by atoms with Crippen molar-refractivity contribution in [2.45, 2.75) is 32.7 Å². The molecule has 0 bridgehead atoms. The molecule has 0 spiro atoms. The average molecular weight is 475 g/mol. The predicted molar refractivity (Wildman–Crippen MR) is 135 cm³/mol. The minimum absolute atomic E-state index is 0. The van der Waals surface area contributed by atoms with Crippen LogP contribution in [0.3, 0.4) is 0 Å². The van der Waals surface area contributed by atoms with Gasteiger partial charge in [0.15, 0.2) is 0 Å². The zero-order valence-corrected chi connectivity index (χ0v) is 20.1. The van der Waals surface area contributed by atoms with Crippen molar-refractivity contribution >= 4 is 48.6 Å². The quantitative estimate of drug-likeness (QED) is 0.653. The van der Waals surface area contributed by atoms with Crippen LogP contribution >= 0.6 is 37.2 Å². The number of aryl methyl sites for hydroxylation is 1. The summed E-state index contributed by atoms with van der Waals surface area (Å²) in [6.07, 6.45) is 3.88. The molecular weight excluding hydrogens is 441 g/mol. The lowest BCUT2D eigenvalue weighted by molar-refractivity contribution is 0.249. The first-order valence-corrected chi connectivity index (χ1v) is 10.3. The molecule has 168 valence electrons. The summed E-state index contributed by atoms with van der Waals surface area (Å²) in [5.41, 5.74) is 4.94. The third-order valence-corrected chi connectivity index (χ3v) is 5.92.